The third-order valence-electron chi connectivity index (χ3n) is 3.71. The minimum absolute atomic E-state index is 0.0228. The van der Waals surface area contributed by atoms with E-state index >= 15 is 0 Å². The average Bonchev–Trinajstić information content (AvgIpc) is 2.99. The highest BCUT2D eigenvalue weighted by molar-refractivity contribution is 5.96. The van der Waals surface area contributed by atoms with E-state index in [1.54, 1.807) is 6.07 Å². The van der Waals surface area contributed by atoms with Crippen molar-refractivity contribution in [3.05, 3.63) is 24.0 Å². The molecule has 0 spiro atoms. The molecule has 0 aliphatic carbocycles. The zero-order chi connectivity index (χ0) is 16.4. The number of ether oxygens (including phenoxy) is 3. The van der Waals surface area contributed by atoms with Gasteiger partial charge in [-0.2, -0.15) is 0 Å². The molecule has 23 heavy (non-hydrogen) atoms. The molecule has 2 aromatic rings. The highest BCUT2D eigenvalue weighted by Crippen LogP contribution is 2.35. The number of rotatable bonds is 4. The van der Waals surface area contributed by atoms with Crippen molar-refractivity contribution >= 4 is 22.6 Å². The van der Waals surface area contributed by atoms with Crippen molar-refractivity contribution in [3.63, 3.8) is 0 Å². The Labute approximate surface area is 134 Å². The van der Waals surface area contributed by atoms with E-state index in [1.807, 2.05) is 26.0 Å². The van der Waals surface area contributed by atoms with E-state index in [4.69, 9.17) is 18.6 Å². The zero-order valence-corrected chi connectivity index (χ0v) is 13.6. The Morgan fingerprint density at radius 3 is 2.61 bits per heavy atom. The Kier molecular flexibility index (Phi) is 4.43. The molecule has 1 fully saturated rings. The number of hydrogen-bond acceptors (Lipinski definition) is 6. The number of nitrogens with zero attached hydrogens (tertiary/aromatic N) is 1. The molecule has 1 saturated heterocycles. The van der Waals surface area contributed by atoms with E-state index in [9.17, 15) is 4.79 Å². The van der Waals surface area contributed by atoms with E-state index < -0.39 is 5.97 Å². The summed E-state index contributed by atoms with van der Waals surface area (Å²) in [6.45, 7) is 6.96. The number of esters is 1. The van der Waals surface area contributed by atoms with Crippen LogP contribution in [0.4, 0.5) is 5.69 Å². The second-order valence-corrected chi connectivity index (χ2v) is 5.72. The molecule has 0 saturated carbocycles. The zero-order valence-electron chi connectivity index (χ0n) is 13.6. The van der Waals surface area contributed by atoms with Crippen molar-refractivity contribution in [1.82, 2.24) is 0 Å². The molecule has 0 bridgehead atoms. The van der Waals surface area contributed by atoms with E-state index in [1.165, 1.54) is 7.11 Å². The van der Waals surface area contributed by atoms with E-state index in [-0.39, 0.29) is 11.9 Å². The van der Waals surface area contributed by atoms with Crippen LogP contribution in [-0.4, -0.2) is 45.5 Å². The maximum absolute atomic E-state index is 11.7. The molecule has 124 valence electrons. The third-order valence-corrected chi connectivity index (χ3v) is 3.71. The second kappa shape index (κ2) is 6.50. The molecule has 0 atom stereocenters. The Morgan fingerprint density at radius 2 is 1.96 bits per heavy atom. The first-order valence-electron chi connectivity index (χ1n) is 7.73. The van der Waals surface area contributed by atoms with Gasteiger partial charge in [-0.3, -0.25) is 0 Å². The van der Waals surface area contributed by atoms with Gasteiger partial charge in [0.05, 0.1) is 31.8 Å². The summed E-state index contributed by atoms with van der Waals surface area (Å²) in [6, 6.07) is 5.59. The van der Waals surface area contributed by atoms with Gasteiger partial charge in [0.15, 0.2) is 0 Å². The lowest BCUT2D eigenvalue weighted by Crippen LogP contribution is -2.36. The van der Waals surface area contributed by atoms with Crippen LogP contribution in [-0.2, 0) is 9.47 Å². The number of fused-ring (bicyclic) bond motifs is 1. The summed E-state index contributed by atoms with van der Waals surface area (Å²) in [5.74, 6) is 0.387. The normalized spacial score (nSPS) is 15.2. The van der Waals surface area contributed by atoms with Gasteiger partial charge in [0.1, 0.15) is 11.3 Å². The van der Waals surface area contributed by atoms with Crippen molar-refractivity contribution in [2.45, 2.75) is 20.0 Å². The predicted molar refractivity (Wildman–Crippen MR) is 86.3 cm³/mol. The first-order chi connectivity index (χ1) is 11.1. The fourth-order valence-electron chi connectivity index (χ4n) is 2.65. The monoisotopic (exact) mass is 319 g/mol. The minimum atomic E-state index is -0.496. The molecule has 0 amide bonds. The molecule has 1 aliphatic heterocycles. The number of hydrogen-bond donors (Lipinski definition) is 0. The van der Waals surface area contributed by atoms with Crippen LogP contribution in [0.3, 0.4) is 0 Å². The van der Waals surface area contributed by atoms with Gasteiger partial charge in [0.2, 0.25) is 5.76 Å². The van der Waals surface area contributed by atoms with Gasteiger partial charge < -0.3 is 23.5 Å². The van der Waals surface area contributed by atoms with Gasteiger partial charge in [-0.05, 0) is 13.8 Å². The van der Waals surface area contributed by atoms with Crippen LogP contribution in [0, 0.1) is 0 Å². The Hall–Kier alpha value is -2.21. The van der Waals surface area contributed by atoms with Gasteiger partial charge in [0, 0.05) is 37.0 Å². The lowest BCUT2D eigenvalue weighted by atomic mass is 10.2. The topological polar surface area (TPSA) is 61.1 Å². The van der Waals surface area contributed by atoms with Gasteiger partial charge in [-0.25, -0.2) is 4.79 Å². The highest BCUT2D eigenvalue weighted by Gasteiger charge is 2.20. The molecule has 0 N–H and O–H groups in total. The molecule has 6 nitrogen and oxygen atoms in total. The quantitative estimate of drug-likeness (QED) is 0.808. The van der Waals surface area contributed by atoms with E-state index in [2.05, 4.69) is 4.90 Å². The lowest BCUT2D eigenvalue weighted by Gasteiger charge is -2.29. The first-order valence-corrected chi connectivity index (χ1v) is 7.73. The molecule has 3 rings (SSSR count). The summed E-state index contributed by atoms with van der Waals surface area (Å²) in [4.78, 5) is 13.9. The fraction of sp³-hybridized carbons (Fsp3) is 0.471. The van der Waals surface area contributed by atoms with Gasteiger partial charge in [-0.15, -0.1) is 0 Å². The standard InChI is InChI=1S/C17H21NO5/c1-11(2)22-14-8-12(18-4-6-21-7-5-18)9-15-13(14)10-16(23-15)17(19)20-3/h8-11H,4-7H2,1-3H3. The molecule has 0 radical (unpaired) electrons. The van der Waals surface area contributed by atoms with Crippen molar-refractivity contribution in [3.8, 4) is 5.75 Å². The van der Waals surface area contributed by atoms with Crippen molar-refractivity contribution < 1.29 is 23.4 Å². The van der Waals surface area contributed by atoms with Crippen molar-refractivity contribution in [1.29, 1.82) is 0 Å². The van der Waals surface area contributed by atoms with Crippen LogP contribution in [0.2, 0.25) is 0 Å². The SMILES string of the molecule is COC(=O)c1cc2c(OC(C)C)cc(N3CCOCC3)cc2o1. The number of carbonyl (C=O) groups is 1. The van der Waals surface area contributed by atoms with Crippen LogP contribution < -0.4 is 9.64 Å². The summed E-state index contributed by atoms with van der Waals surface area (Å²) >= 11 is 0. The highest BCUT2D eigenvalue weighted by atomic mass is 16.5. The summed E-state index contributed by atoms with van der Waals surface area (Å²) in [5, 5.41) is 0.774. The minimum Gasteiger partial charge on any atom is -0.490 e. The number of furan rings is 1. The predicted octanol–water partition coefficient (Wildman–Crippen LogP) is 2.84. The molecule has 0 unspecified atom stereocenters. The number of anilines is 1. The van der Waals surface area contributed by atoms with E-state index in [0.29, 0.717) is 24.5 Å². The van der Waals surface area contributed by atoms with Gasteiger partial charge in [0.25, 0.3) is 0 Å². The van der Waals surface area contributed by atoms with Crippen LogP contribution in [0.1, 0.15) is 24.4 Å². The Balaban J connectivity index is 2.06. The maximum atomic E-state index is 11.7. The summed E-state index contributed by atoms with van der Waals surface area (Å²) in [6.07, 6.45) is 0.0228. The largest absolute Gasteiger partial charge is 0.490 e. The number of carbonyl (C=O) groups excluding carboxylic acids is 1. The van der Waals surface area contributed by atoms with Crippen molar-refractivity contribution in [2.75, 3.05) is 38.3 Å². The molecular formula is C17H21NO5. The van der Waals surface area contributed by atoms with E-state index in [0.717, 1.165) is 24.2 Å². The van der Waals surface area contributed by atoms with Gasteiger partial charge >= 0.3 is 5.97 Å². The maximum Gasteiger partial charge on any atom is 0.373 e. The molecule has 6 heteroatoms. The lowest BCUT2D eigenvalue weighted by molar-refractivity contribution is 0.0567. The summed E-state index contributed by atoms with van der Waals surface area (Å²) < 4.78 is 21.7. The third kappa shape index (κ3) is 3.27. The molecule has 1 aromatic heterocycles. The Bertz CT molecular complexity index is 700. The van der Waals surface area contributed by atoms with Gasteiger partial charge in [-0.1, -0.05) is 0 Å². The second-order valence-electron chi connectivity index (χ2n) is 5.72. The van der Waals surface area contributed by atoms with Crippen LogP contribution >= 0.6 is 0 Å². The fourth-order valence-corrected chi connectivity index (χ4v) is 2.65. The smallest absolute Gasteiger partial charge is 0.373 e. The first kappa shape index (κ1) is 15.7. The molecule has 1 aliphatic rings. The average molecular weight is 319 g/mol. The number of benzene rings is 1. The summed E-state index contributed by atoms with van der Waals surface area (Å²) in [7, 11) is 1.33. The van der Waals surface area contributed by atoms with Crippen molar-refractivity contribution in [2.24, 2.45) is 0 Å². The molecular weight excluding hydrogens is 298 g/mol. The van der Waals surface area contributed by atoms with Crippen LogP contribution in [0.15, 0.2) is 22.6 Å². The molecule has 2 heterocycles. The van der Waals surface area contributed by atoms with Crippen LogP contribution in [0.5, 0.6) is 5.75 Å². The number of morpholine rings is 1. The summed E-state index contributed by atoms with van der Waals surface area (Å²) in [5.41, 5.74) is 1.62. The van der Waals surface area contributed by atoms with Crippen LogP contribution in [0.25, 0.3) is 11.0 Å². The number of methoxy groups -OCH3 is 1. The molecule has 1 aromatic carbocycles. The Morgan fingerprint density at radius 1 is 1.22 bits per heavy atom.